The van der Waals surface area contributed by atoms with Crippen LogP contribution in [0, 0.1) is 6.92 Å². The van der Waals surface area contributed by atoms with Crippen LogP contribution < -0.4 is 11.3 Å². The number of hydrogen-bond donors (Lipinski definition) is 2. The average Bonchev–Trinajstić information content (AvgIpc) is 2.86. The molecule has 0 aliphatic carbocycles. The number of aryl methyl sites for hydroxylation is 1. The van der Waals surface area contributed by atoms with Crippen molar-refractivity contribution in [1.82, 2.24) is 15.4 Å². The van der Waals surface area contributed by atoms with E-state index in [1.165, 1.54) is 0 Å². The van der Waals surface area contributed by atoms with Gasteiger partial charge in [-0.2, -0.15) is 0 Å². The molecule has 0 saturated heterocycles. The summed E-state index contributed by atoms with van der Waals surface area (Å²) in [5.74, 6) is 5.73. The quantitative estimate of drug-likeness (QED) is 0.567. The highest BCUT2D eigenvalue weighted by Gasteiger charge is 2.17. The molecule has 0 spiro atoms. The van der Waals surface area contributed by atoms with Crippen LogP contribution in [0.5, 0.6) is 0 Å². The lowest BCUT2D eigenvalue weighted by Crippen LogP contribution is -2.29. The third-order valence-corrected chi connectivity index (χ3v) is 3.92. The minimum absolute atomic E-state index is 0.113. The number of nitrogens with two attached hydrogens (primary N) is 1. The van der Waals surface area contributed by atoms with Gasteiger partial charge in [0.2, 0.25) is 0 Å². The molecule has 2 aromatic heterocycles. The van der Waals surface area contributed by atoms with Crippen LogP contribution in [0.1, 0.15) is 22.3 Å². The van der Waals surface area contributed by atoms with Crippen molar-refractivity contribution in [3.63, 3.8) is 0 Å². The Labute approximate surface area is 115 Å². The molecule has 96 valence electrons. The van der Waals surface area contributed by atoms with Crippen LogP contribution in [0.2, 0.25) is 0 Å². The van der Waals surface area contributed by atoms with Gasteiger partial charge in [-0.3, -0.25) is 10.8 Å². The van der Waals surface area contributed by atoms with Crippen molar-refractivity contribution in [3.8, 4) is 0 Å². The van der Waals surface area contributed by atoms with Crippen LogP contribution >= 0.6 is 11.3 Å². The Kier molecular flexibility index (Phi) is 3.25. The highest BCUT2D eigenvalue weighted by Crippen LogP contribution is 2.28. The fourth-order valence-corrected chi connectivity index (χ4v) is 2.87. The van der Waals surface area contributed by atoms with Gasteiger partial charge in [0.1, 0.15) is 0 Å². The summed E-state index contributed by atoms with van der Waals surface area (Å²) in [7, 11) is 0. The first kappa shape index (κ1) is 12.2. The van der Waals surface area contributed by atoms with Gasteiger partial charge in [0.15, 0.2) is 0 Å². The molecule has 3 aromatic rings. The summed E-state index contributed by atoms with van der Waals surface area (Å²) >= 11 is 1.63. The number of thiazole rings is 1. The number of aromatic nitrogens is 2. The summed E-state index contributed by atoms with van der Waals surface area (Å²) in [6.45, 7) is 1.99. The molecule has 0 aliphatic heterocycles. The number of fused-ring (bicyclic) bond motifs is 1. The number of nitrogens with one attached hydrogen (secondary N) is 1. The zero-order chi connectivity index (χ0) is 13.2. The number of rotatable bonds is 3. The second-order valence-electron chi connectivity index (χ2n) is 4.34. The largest absolute Gasteiger partial charge is 0.271 e. The van der Waals surface area contributed by atoms with E-state index in [1.807, 2.05) is 30.6 Å². The van der Waals surface area contributed by atoms with Crippen LogP contribution in [0.15, 0.2) is 42.0 Å². The summed E-state index contributed by atoms with van der Waals surface area (Å²) in [4.78, 5) is 8.72. The second kappa shape index (κ2) is 5.05. The Bertz CT molecular complexity index is 702. The van der Waals surface area contributed by atoms with Crippen LogP contribution in [0.3, 0.4) is 0 Å². The van der Waals surface area contributed by atoms with Crippen molar-refractivity contribution < 1.29 is 0 Å². The lowest BCUT2D eigenvalue weighted by molar-refractivity contribution is 0.627. The summed E-state index contributed by atoms with van der Waals surface area (Å²) in [6, 6.07) is 8.04. The van der Waals surface area contributed by atoms with Gasteiger partial charge < -0.3 is 0 Å². The minimum atomic E-state index is -0.113. The van der Waals surface area contributed by atoms with Gasteiger partial charge in [0.25, 0.3) is 0 Å². The van der Waals surface area contributed by atoms with Gasteiger partial charge in [-0.15, -0.1) is 11.3 Å². The highest BCUT2D eigenvalue weighted by atomic mass is 32.1. The Balaban J connectivity index is 2.16. The Morgan fingerprint density at radius 3 is 2.95 bits per heavy atom. The van der Waals surface area contributed by atoms with Crippen molar-refractivity contribution in [2.75, 3.05) is 0 Å². The highest BCUT2D eigenvalue weighted by molar-refractivity contribution is 7.09. The topological polar surface area (TPSA) is 63.8 Å². The van der Waals surface area contributed by atoms with Gasteiger partial charge in [0.05, 0.1) is 16.7 Å². The first-order chi connectivity index (χ1) is 9.29. The lowest BCUT2D eigenvalue weighted by atomic mass is 9.99. The summed E-state index contributed by atoms with van der Waals surface area (Å²) in [5.41, 5.74) is 4.90. The van der Waals surface area contributed by atoms with E-state index in [2.05, 4.69) is 27.5 Å². The summed E-state index contributed by atoms with van der Waals surface area (Å²) in [6.07, 6.45) is 3.66. The zero-order valence-corrected chi connectivity index (χ0v) is 11.3. The SMILES string of the molecule is Cc1nc(C(NN)c2cccc3ccncc23)cs1. The number of benzene rings is 1. The molecular formula is C14H14N4S. The third kappa shape index (κ3) is 2.23. The predicted molar refractivity (Wildman–Crippen MR) is 77.8 cm³/mol. The third-order valence-electron chi connectivity index (χ3n) is 3.13. The Hall–Kier alpha value is -1.82. The average molecular weight is 270 g/mol. The molecule has 4 nitrogen and oxygen atoms in total. The van der Waals surface area contributed by atoms with Gasteiger partial charge in [0, 0.05) is 23.2 Å². The predicted octanol–water partition coefficient (Wildman–Crippen LogP) is 2.55. The fraction of sp³-hybridized carbons (Fsp3) is 0.143. The van der Waals surface area contributed by atoms with Crippen molar-refractivity contribution in [1.29, 1.82) is 0 Å². The molecule has 0 radical (unpaired) electrons. The first-order valence-corrected chi connectivity index (χ1v) is 6.88. The maximum absolute atomic E-state index is 5.73. The first-order valence-electron chi connectivity index (χ1n) is 6.00. The molecule has 19 heavy (non-hydrogen) atoms. The second-order valence-corrected chi connectivity index (χ2v) is 5.40. The standard InChI is InChI=1S/C14H14N4S/c1-9-17-13(8-19-9)14(18-15)11-4-2-3-10-5-6-16-7-12(10)11/h2-8,14,18H,15H2,1H3. The van der Waals surface area contributed by atoms with E-state index in [1.54, 1.807) is 17.5 Å². The van der Waals surface area contributed by atoms with Crippen molar-refractivity contribution in [2.45, 2.75) is 13.0 Å². The van der Waals surface area contributed by atoms with E-state index in [4.69, 9.17) is 5.84 Å². The molecule has 0 bridgehead atoms. The van der Waals surface area contributed by atoms with Crippen LogP contribution in [-0.4, -0.2) is 9.97 Å². The van der Waals surface area contributed by atoms with Gasteiger partial charge >= 0.3 is 0 Å². The maximum atomic E-state index is 5.73. The van der Waals surface area contributed by atoms with E-state index >= 15 is 0 Å². The van der Waals surface area contributed by atoms with E-state index in [0.717, 1.165) is 27.0 Å². The van der Waals surface area contributed by atoms with E-state index in [9.17, 15) is 0 Å². The molecule has 0 fully saturated rings. The maximum Gasteiger partial charge on any atom is 0.0898 e. The molecule has 0 amide bonds. The number of pyridine rings is 1. The van der Waals surface area contributed by atoms with Gasteiger partial charge in [-0.25, -0.2) is 10.4 Å². The zero-order valence-electron chi connectivity index (χ0n) is 10.5. The molecule has 1 atom stereocenters. The van der Waals surface area contributed by atoms with Gasteiger partial charge in [-0.05, 0) is 23.9 Å². The normalized spacial score (nSPS) is 12.7. The van der Waals surface area contributed by atoms with Crippen LogP contribution in [0.25, 0.3) is 10.8 Å². The molecule has 1 unspecified atom stereocenters. The van der Waals surface area contributed by atoms with Crippen LogP contribution in [0.4, 0.5) is 0 Å². The molecular weight excluding hydrogens is 256 g/mol. The van der Waals surface area contributed by atoms with Crippen molar-refractivity contribution >= 4 is 22.1 Å². The monoisotopic (exact) mass is 270 g/mol. The fourth-order valence-electron chi connectivity index (χ4n) is 2.24. The summed E-state index contributed by atoms with van der Waals surface area (Å²) < 4.78 is 0. The lowest BCUT2D eigenvalue weighted by Gasteiger charge is -2.16. The number of hydrogen-bond acceptors (Lipinski definition) is 5. The molecule has 0 saturated carbocycles. The van der Waals surface area contributed by atoms with Crippen molar-refractivity contribution in [2.24, 2.45) is 5.84 Å². The molecule has 3 N–H and O–H groups in total. The van der Waals surface area contributed by atoms with E-state index in [0.29, 0.717) is 0 Å². The minimum Gasteiger partial charge on any atom is -0.271 e. The van der Waals surface area contributed by atoms with Gasteiger partial charge in [-0.1, -0.05) is 18.2 Å². The molecule has 3 rings (SSSR count). The van der Waals surface area contributed by atoms with Crippen molar-refractivity contribution in [3.05, 3.63) is 58.3 Å². The van der Waals surface area contributed by atoms with E-state index in [-0.39, 0.29) is 6.04 Å². The molecule has 2 heterocycles. The molecule has 0 aliphatic rings. The molecule has 5 heteroatoms. The Morgan fingerprint density at radius 1 is 1.32 bits per heavy atom. The smallest absolute Gasteiger partial charge is 0.0898 e. The molecule has 1 aromatic carbocycles. The number of nitrogens with zero attached hydrogens (tertiary/aromatic N) is 2. The summed E-state index contributed by atoms with van der Waals surface area (Å²) in [5, 5.41) is 5.32. The van der Waals surface area contributed by atoms with Crippen LogP contribution in [-0.2, 0) is 0 Å². The van der Waals surface area contributed by atoms with E-state index < -0.39 is 0 Å². The Morgan fingerprint density at radius 2 is 2.21 bits per heavy atom. The number of hydrazine groups is 1.